The zero-order valence-electron chi connectivity index (χ0n) is 16.4. The van der Waals surface area contributed by atoms with E-state index in [0.29, 0.717) is 6.54 Å². The molecule has 1 heterocycles. The largest absolute Gasteiger partial charge is 0.482 e. The first-order valence-corrected chi connectivity index (χ1v) is 9.76. The van der Waals surface area contributed by atoms with Gasteiger partial charge in [0.05, 0.1) is 10.6 Å². The van der Waals surface area contributed by atoms with Crippen molar-refractivity contribution in [2.24, 2.45) is 0 Å². The van der Waals surface area contributed by atoms with Crippen LogP contribution in [-0.2, 0) is 19.1 Å². The summed E-state index contributed by atoms with van der Waals surface area (Å²) in [5.41, 5.74) is 1.21. The molecule has 0 saturated heterocycles. The van der Waals surface area contributed by atoms with Crippen LogP contribution in [0.1, 0.15) is 32.1 Å². The van der Waals surface area contributed by atoms with E-state index < -0.39 is 35.9 Å². The van der Waals surface area contributed by atoms with E-state index in [1.807, 2.05) is 0 Å². The first-order valence-electron chi connectivity index (χ1n) is 9.76. The van der Waals surface area contributed by atoms with Crippen LogP contribution >= 0.6 is 0 Å². The molecule has 0 atom stereocenters. The molecule has 30 heavy (non-hydrogen) atoms. The van der Waals surface area contributed by atoms with E-state index in [-0.39, 0.29) is 23.7 Å². The van der Waals surface area contributed by atoms with Gasteiger partial charge in [0.25, 0.3) is 17.5 Å². The van der Waals surface area contributed by atoms with Gasteiger partial charge in [0.2, 0.25) is 0 Å². The number of ether oxygens (including phenoxy) is 2. The third-order valence-corrected chi connectivity index (χ3v) is 4.90. The third kappa shape index (κ3) is 5.56. The van der Waals surface area contributed by atoms with Gasteiger partial charge in [-0.3, -0.25) is 29.4 Å². The fourth-order valence-corrected chi connectivity index (χ4v) is 3.34. The first kappa shape index (κ1) is 21.3. The monoisotopic (exact) mass is 417 g/mol. The molecule has 1 aliphatic carbocycles. The lowest BCUT2D eigenvalue weighted by Gasteiger charge is -2.28. The third-order valence-electron chi connectivity index (χ3n) is 4.90. The lowest BCUT2D eigenvalue weighted by atomic mass is 9.97. The molecule has 2 amide bonds. The minimum absolute atomic E-state index is 0.114. The van der Waals surface area contributed by atoms with Gasteiger partial charge in [-0.15, -0.1) is 0 Å². The maximum absolute atomic E-state index is 12.1. The minimum atomic E-state index is -0.798. The Balaban J connectivity index is 1.49. The highest BCUT2D eigenvalue weighted by Gasteiger charge is 2.29. The number of esters is 1. The molecule has 1 aliphatic heterocycles. The molecule has 10 heteroatoms. The Morgan fingerprint density at radius 3 is 2.87 bits per heavy atom. The van der Waals surface area contributed by atoms with E-state index in [2.05, 4.69) is 11.4 Å². The van der Waals surface area contributed by atoms with Crippen molar-refractivity contribution in [1.82, 2.24) is 5.32 Å². The molecule has 0 aromatic heterocycles. The van der Waals surface area contributed by atoms with E-state index in [1.165, 1.54) is 30.5 Å². The summed E-state index contributed by atoms with van der Waals surface area (Å²) in [5, 5.41) is 13.7. The van der Waals surface area contributed by atoms with Crippen LogP contribution in [0.15, 0.2) is 29.8 Å². The molecule has 1 aromatic carbocycles. The Kier molecular flexibility index (Phi) is 6.99. The average molecular weight is 417 g/mol. The second-order valence-electron chi connectivity index (χ2n) is 7.05. The number of nitro benzene ring substituents is 1. The van der Waals surface area contributed by atoms with Gasteiger partial charge in [-0.2, -0.15) is 0 Å². The summed E-state index contributed by atoms with van der Waals surface area (Å²) in [5.74, 6) is -1.51. The van der Waals surface area contributed by atoms with Crippen LogP contribution in [-0.4, -0.2) is 49.0 Å². The van der Waals surface area contributed by atoms with Gasteiger partial charge in [0, 0.05) is 18.7 Å². The van der Waals surface area contributed by atoms with Crippen LogP contribution in [0.2, 0.25) is 0 Å². The summed E-state index contributed by atoms with van der Waals surface area (Å²) >= 11 is 0. The Morgan fingerprint density at radius 2 is 2.13 bits per heavy atom. The average Bonchev–Trinajstić information content (AvgIpc) is 2.74. The van der Waals surface area contributed by atoms with E-state index in [4.69, 9.17) is 9.47 Å². The van der Waals surface area contributed by atoms with Crippen molar-refractivity contribution in [2.45, 2.75) is 32.1 Å². The fourth-order valence-electron chi connectivity index (χ4n) is 3.34. The standard InChI is InChI=1S/C20H23N3O7/c24-18(21-9-8-14-4-2-1-3-5-14)12-30-20(26)11-22-16-10-15(23(27)28)6-7-17(16)29-13-19(22)25/h4,6-7,10H,1-3,5,8-9,11-13H2,(H,21,24). The number of non-ortho nitro benzene ring substituents is 1. The highest BCUT2D eigenvalue weighted by Crippen LogP contribution is 2.35. The number of hydrogen-bond donors (Lipinski definition) is 1. The number of hydrogen-bond acceptors (Lipinski definition) is 7. The quantitative estimate of drug-likeness (QED) is 0.296. The van der Waals surface area contributed by atoms with Crippen LogP contribution in [0.5, 0.6) is 5.75 Å². The van der Waals surface area contributed by atoms with Crippen LogP contribution in [0, 0.1) is 10.1 Å². The predicted octanol–water partition coefficient (Wildman–Crippen LogP) is 1.87. The number of benzene rings is 1. The molecule has 0 saturated carbocycles. The number of fused-ring (bicyclic) bond motifs is 1. The molecule has 0 bridgehead atoms. The van der Waals surface area contributed by atoms with Crippen molar-refractivity contribution in [3.8, 4) is 5.75 Å². The molecule has 160 valence electrons. The molecular formula is C20H23N3O7. The summed E-state index contributed by atoms with van der Waals surface area (Å²) < 4.78 is 10.2. The molecule has 3 rings (SSSR count). The maximum atomic E-state index is 12.1. The summed E-state index contributed by atoms with van der Waals surface area (Å²) in [4.78, 5) is 47.6. The van der Waals surface area contributed by atoms with Crippen molar-refractivity contribution in [1.29, 1.82) is 0 Å². The summed E-state index contributed by atoms with van der Waals surface area (Å²) in [7, 11) is 0. The van der Waals surface area contributed by atoms with E-state index >= 15 is 0 Å². The van der Waals surface area contributed by atoms with Crippen molar-refractivity contribution in [2.75, 3.05) is 31.2 Å². The van der Waals surface area contributed by atoms with Gasteiger partial charge in [-0.1, -0.05) is 11.6 Å². The molecule has 0 spiro atoms. The molecule has 1 aromatic rings. The molecule has 1 N–H and O–H groups in total. The Hall–Kier alpha value is -3.43. The minimum Gasteiger partial charge on any atom is -0.482 e. The number of carbonyl (C=O) groups excluding carboxylic acids is 3. The van der Waals surface area contributed by atoms with E-state index in [1.54, 1.807) is 0 Å². The number of nitro groups is 1. The van der Waals surface area contributed by atoms with Gasteiger partial charge in [-0.25, -0.2) is 0 Å². The van der Waals surface area contributed by atoms with Crippen LogP contribution < -0.4 is 15.0 Å². The Bertz CT molecular complexity index is 881. The highest BCUT2D eigenvalue weighted by molar-refractivity contribution is 6.01. The predicted molar refractivity (Wildman–Crippen MR) is 106 cm³/mol. The second-order valence-corrected chi connectivity index (χ2v) is 7.05. The summed E-state index contributed by atoms with van der Waals surface area (Å²) in [6.45, 7) is -0.760. The van der Waals surface area contributed by atoms with Gasteiger partial charge in [-0.05, 0) is 38.2 Å². The van der Waals surface area contributed by atoms with Crippen LogP contribution in [0.25, 0.3) is 0 Å². The normalized spacial score (nSPS) is 15.5. The number of amides is 2. The first-order chi connectivity index (χ1) is 14.4. The van der Waals surface area contributed by atoms with Gasteiger partial charge in [0.1, 0.15) is 12.3 Å². The van der Waals surface area contributed by atoms with Crippen molar-refractivity contribution >= 4 is 29.2 Å². The van der Waals surface area contributed by atoms with Crippen molar-refractivity contribution in [3.05, 3.63) is 40.0 Å². The zero-order valence-corrected chi connectivity index (χ0v) is 16.4. The fraction of sp³-hybridized carbons (Fsp3) is 0.450. The Morgan fingerprint density at radius 1 is 1.30 bits per heavy atom. The molecule has 0 fully saturated rings. The molecule has 10 nitrogen and oxygen atoms in total. The summed E-state index contributed by atoms with van der Waals surface area (Å²) in [6.07, 6.45) is 7.49. The van der Waals surface area contributed by atoms with Gasteiger partial charge >= 0.3 is 5.97 Å². The number of nitrogens with one attached hydrogen (secondary N) is 1. The lowest BCUT2D eigenvalue weighted by Crippen LogP contribution is -2.43. The topological polar surface area (TPSA) is 128 Å². The number of rotatable bonds is 8. The summed E-state index contributed by atoms with van der Waals surface area (Å²) in [6, 6.07) is 3.78. The SMILES string of the molecule is O=C(COC(=O)CN1C(=O)COc2ccc([N+](=O)[O-])cc21)NCCC1=CCCCC1. The van der Waals surface area contributed by atoms with Crippen LogP contribution in [0.3, 0.4) is 0 Å². The van der Waals surface area contributed by atoms with Gasteiger partial charge in [0.15, 0.2) is 13.2 Å². The number of allylic oxidation sites excluding steroid dienone is 1. The molecular weight excluding hydrogens is 394 g/mol. The van der Waals surface area contributed by atoms with Crippen LogP contribution in [0.4, 0.5) is 11.4 Å². The molecule has 0 radical (unpaired) electrons. The van der Waals surface area contributed by atoms with Crippen molar-refractivity contribution < 1.29 is 28.8 Å². The lowest BCUT2D eigenvalue weighted by molar-refractivity contribution is -0.384. The van der Waals surface area contributed by atoms with Crippen molar-refractivity contribution in [3.63, 3.8) is 0 Å². The number of anilines is 1. The number of nitrogens with zero attached hydrogens (tertiary/aromatic N) is 2. The zero-order chi connectivity index (χ0) is 21.5. The number of carbonyl (C=O) groups is 3. The van der Waals surface area contributed by atoms with Gasteiger partial charge < -0.3 is 14.8 Å². The maximum Gasteiger partial charge on any atom is 0.326 e. The molecule has 2 aliphatic rings. The highest BCUT2D eigenvalue weighted by atomic mass is 16.6. The van der Waals surface area contributed by atoms with E-state index in [9.17, 15) is 24.5 Å². The second kappa shape index (κ2) is 9.86. The van der Waals surface area contributed by atoms with E-state index in [0.717, 1.165) is 30.2 Å². The smallest absolute Gasteiger partial charge is 0.326 e. The molecule has 0 unspecified atom stereocenters. The Labute approximate surface area is 173 Å².